The van der Waals surface area contributed by atoms with Crippen LogP contribution >= 0.6 is 0 Å². The fourth-order valence-electron chi connectivity index (χ4n) is 3.86. The largest absolute Gasteiger partial charge is 0.481 e. The van der Waals surface area contributed by atoms with Gasteiger partial charge in [-0.05, 0) is 37.5 Å². The van der Waals surface area contributed by atoms with Crippen LogP contribution in [0.1, 0.15) is 77.6 Å². The summed E-state index contributed by atoms with van der Waals surface area (Å²) in [5.41, 5.74) is -0.533. The molecule has 120 valence electrons. The lowest BCUT2D eigenvalue weighted by Gasteiger charge is -2.41. The number of carbonyl (C=O) groups excluding carboxylic acids is 1. The molecule has 4 nitrogen and oxygen atoms in total. The summed E-state index contributed by atoms with van der Waals surface area (Å²) in [6.07, 6.45) is 10.2. The summed E-state index contributed by atoms with van der Waals surface area (Å²) in [5.74, 6) is -0.854. The monoisotopic (exact) mass is 295 g/mol. The van der Waals surface area contributed by atoms with E-state index in [0.717, 1.165) is 38.6 Å². The van der Waals surface area contributed by atoms with Gasteiger partial charge in [-0.15, -0.1) is 0 Å². The Labute approximate surface area is 127 Å². The second kappa shape index (κ2) is 6.80. The van der Waals surface area contributed by atoms with Crippen LogP contribution < -0.4 is 5.32 Å². The third-order valence-corrected chi connectivity index (χ3v) is 5.84. The van der Waals surface area contributed by atoms with Crippen LogP contribution in [0.25, 0.3) is 0 Å². The first-order valence-corrected chi connectivity index (χ1v) is 8.52. The van der Waals surface area contributed by atoms with Gasteiger partial charge in [-0.25, -0.2) is 0 Å². The third kappa shape index (κ3) is 3.78. The molecule has 2 aliphatic rings. The lowest BCUT2D eigenvalue weighted by Crippen LogP contribution is -2.44. The Morgan fingerprint density at radius 2 is 1.62 bits per heavy atom. The molecular weight excluding hydrogens is 266 g/mol. The molecule has 0 aliphatic heterocycles. The molecule has 2 saturated carbocycles. The molecule has 2 fully saturated rings. The number of hydrogen-bond donors (Lipinski definition) is 2. The zero-order valence-electron chi connectivity index (χ0n) is 13.2. The van der Waals surface area contributed by atoms with Gasteiger partial charge in [0.05, 0.1) is 5.41 Å². The molecule has 0 spiro atoms. The molecule has 2 aliphatic carbocycles. The summed E-state index contributed by atoms with van der Waals surface area (Å²) in [7, 11) is 0. The highest BCUT2D eigenvalue weighted by Gasteiger charge is 2.41. The van der Waals surface area contributed by atoms with Gasteiger partial charge in [0.2, 0.25) is 5.91 Å². The van der Waals surface area contributed by atoms with E-state index in [1.165, 1.54) is 19.3 Å². The van der Waals surface area contributed by atoms with Crippen molar-refractivity contribution in [2.45, 2.75) is 77.6 Å². The number of nitrogens with one attached hydrogen (secondary N) is 1. The smallest absolute Gasteiger partial charge is 0.310 e. The molecule has 2 N–H and O–H groups in total. The Morgan fingerprint density at radius 1 is 1.00 bits per heavy atom. The first-order chi connectivity index (χ1) is 10.0. The van der Waals surface area contributed by atoms with E-state index in [1.807, 2.05) is 0 Å². The summed E-state index contributed by atoms with van der Waals surface area (Å²) in [4.78, 5) is 24.0. The first kappa shape index (κ1) is 16.3. The van der Waals surface area contributed by atoms with Crippen molar-refractivity contribution < 1.29 is 14.7 Å². The minimum Gasteiger partial charge on any atom is -0.481 e. The van der Waals surface area contributed by atoms with Crippen molar-refractivity contribution >= 4 is 11.9 Å². The maximum atomic E-state index is 12.3. The van der Waals surface area contributed by atoms with Crippen molar-refractivity contribution in [2.24, 2.45) is 10.8 Å². The van der Waals surface area contributed by atoms with Crippen LogP contribution in [0.4, 0.5) is 0 Å². The molecule has 0 unspecified atom stereocenters. The van der Waals surface area contributed by atoms with Gasteiger partial charge in [0.15, 0.2) is 0 Å². The lowest BCUT2D eigenvalue weighted by atomic mass is 9.67. The Balaban J connectivity index is 1.90. The van der Waals surface area contributed by atoms with E-state index < -0.39 is 11.4 Å². The van der Waals surface area contributed by atoms with Crippen LogP contribution in [-0.2, 0) is 9.59 Å². The van der Waals surface area contributed by atoms with Crippen LogP contribution in [-0.4, -0.2) is 23.5 Å². The zero-order chi connectivity index (χ0) is 15.3. The molecule has 0 radical (unpaired) electrons. The molecule has 2 rings (SSSR count). The maximum absolute atomic E-state index is 12.3. The minimum absolute atomic E-state index is 0.0703. The van der Waals surface area contributed by atoms with Crippen molar-refractivity contribution in [2.75, 3.05) is 6.54 Å². The van der Waals surface area contributed by atoms with Crippen LogP contribution in [0.5, 0.6) is 0 Å². The van der Waals surface area contributed by atoms with Gasteiger partial charge in [-0.2, -0.15) is 0 Å². The standard InChI is InChI=1S/C17H29NO3/c1-2-16(8-7-9-16)13-18-14(19)12-17(15(20)21)10-5-3-4-6-11-17/h2-13H2,1H3,(H,18,19)(H,20,21). The van der Waals surface area contributed by atoms with Crippen molar-refractivity contribution in [3.63, 3.8) is 0 Å². The third-order valence-electron chi connectivity index (χ3n) is 5.84. The molecule has 21 heavy (non-hydrogen) atoms. The van der Waals surface area contributed by atoms with Crippen LogP contribution in [0.15, 0.2) is 0 Å². The van der Waals surface area contributed by atoms with Gasteiger partial charge in [-0.1, -0.05) is 39.0 Å². The van der Waals surface area contributed by atoms with Crippen molar-refractivity contribution in [3.8, 4) is 0 Å². The molecule has 4 heteroatoms. The quantitative estimate of drug-likeness (QED) is 0.737. The second-order valence-electron chi connectivity index (χ2n) is 7.16. The lowest BCUT2D eigenvalue weighted by molar-refractivity contribution is -0.153. The molecule has 0 aromatic heterocycles. The zero-order valence-corrected chi connectivity index (χ0v) is 13.2. The fraction of sp³-hybridized carbons (Fsp3) is 0.882. The summed E-state index contributed by atoms with van der Waals surface area (Å²) >= 11 is 0. The van der Waals surface area contributed by atoms with Gasteiger partial charge in [0.1, 0.15) is 0 Å². The number of hydrogen-bond acceptors (Lipinski definition) is 2. The summed E-state index contributed by atoms with van der Waals surface area (Å²) in [6, 6.07) is 0. The average Bonchev–Trinajstić information content (AvgIpc) is 2.64. The predicted molar refractivity (Wildman–Crippen MR) is 82.0 cm³/mol. The highest BCUT2D eigenvalue weighted by Crippen LogP contribution is 2.43. The molecule has 0 aromatic carbocycles. The Kier molecular flexibility index (Phi) is 5.28. The molecule has 0 atom stereocenters. The Hall–Kier alpha value is -1.06. The van der Waals surface area contributed by atoms with Gasteiger partial charge in [0.25, 0.3) is 0 Å². The summed E-state index contributed by atoms with van der Waals surface area (Å²) in [5, 5.41) is 12.6. The molecule has 0 aromatic rings. The maximum Gasteiger partial charge on any atom is 0.310 e. The Morgan fingerprint density at radius 3 is 2.05 bits per heavy atom. The number of amides is 1. The second-order valence-corrected chi connectivity index (χ2v) is 7.16. The van der Waals surface area contributed by atoms with Gasteiger partial charge in [-0.3, -0.25) is 9.59 Å². The number of carboxylic acids is 1. The van der Waals surface area contributed by atoms with E-state index in [-0.39, 0.29) is 17.7 Å². The van der Waals surface area contributed by atoms with E-state index in [9.17, 15) is 14.7 Å². The number of rotatable bonds is 6. The van der Waals surface area contributed by atoms with E-state index in [0.29, 0.717) is 12.8 Å². The summed E-state index contributed by atoms with van der Waals surface area (Å²) in [6.45, 7) is 2.90. The normalized spacial score (nSPS) is 23.7. The number of carboxylic acid groups (broad SMARTS) is 1. The van der Waals surface area contributed by atoms with Crippen LogP contribution in [0, 0.1) is 10.8 Å². The molecule has 0 heterocycles. The van der Waals surface area contributed by atoms with Gasteiger partial charge < -0.3 is 10.4 Å². The molecule has 0 bridgehead atoms. The number of aliphatic carboxylic acids is 1. The molecule has 1 amide bonds. The van der Waals surface area contributed by atoms with E-state index in [1.54, 1.807) is 0 Å². The van der Waals surface area contributed by atoms with Gasteiger partial charge in [0, 0.05) is 13.0 Å². The molecular formula is C17H29NO3. The highest BCUT2D eigenvalue weighted by molar-refractivity contribution is 5.85. The SMILES string of the molecule is CCC1(CNC(=O)CC2(C(=O)O)CCCCCC2)CCC1. The highest BCUT2D eigenvalue weighted by atomic mass is 16.4. The average molecular weight is 295 g/mol. The summed E-state index contributed by atoms with van der Waals surface area (Å²) < 4.78 is 0. The first-order valence-electron chi connectivity index (χ1n) is 8.52. The van der Waals surface area contributed by atoms with Gasteiger partial charge >= 0.3 is 5.97 Å². The topological polar surface area (TPSA) is 66.4 Å². The van der Waals surface area contributed by atoms with Crippen molar-refractivity contribution in [1.29, 1.82) is 0 Å². The predicted octanol–water partition coefficient (Wildman–Crippen LogP) is 3.50. The molecule has 0 saturated heterocycles. The fourth-order valence-corrected chi connectivity index (χ4v) is 3.86. The van der Waals surface area contributed by atoms with Crippen LogP contribution in [0.2, 0.25) is 0 Å². The number of carbonyl (C=O) groups is 2. The van der Waals surface area contributed by atoms with E-state index in [2.05, 4.69) is 12.2 Å². The Bertz CT molecular complexity index is 374. The minimum atomic E-state index is -0.820. The van der Waals surface area contributed by atoms with Crippen molar-refractivity contribution in [1.82, 2.24) is 5.32 Å². The van der Waals surface area contributed by atoms with E-state index in [4.69, 9.17) is 0 Å². The van der Waals surface area contributed by atoms with E-state index >= 15 is 0 Å². The van der Waals surface area contributed by atoms with Crippen LogP contribution in [0.3, 0.4) is 0 Å². The van der Waals surface area contributed by atoms with Crippen molar-refractivity contribution in [3.05, 3.63) is 0 Å².